The molecular weight excluding hydrogens is 358 g/mol. The monoisotopic (exact) mass is 383 g/mol. The molecule has 1 aromatic rings. The maximum atomic E-state index is 11.1. The Bertz CT molecular complexity index is 633. The van der Waals surface area contributed by atoms with Gasteiger partial charge in [0.15, 0.2) is 0 Å². The highest BCUT2D eigenvalue weighted by Crippen LogP contribution is 2.29. The topological polar surface area (TPSA) is 77.4 Å². The van der Waals surface area contributed by atoms with Gasteiger partial charge in [-0.05, 0) is 50.8 Å². The first-order chi connectivity index (χ1) is 12.3. The molecule has 0 radical (unpaired) electrons. The Kier molecular flexibility index (Phi) is 7.43. The average molecular weight is 384 g/mol. The lowest BCUT2D eigenvalue weighted by molar-refractivity contribution is -0.292. The summed E-state index contributed by atoms with van der Waals surface area (Å²) in [4.78, 5) is 16.5. The maximum Gasteiger partial charge on any atom is 0.364 e. The van der Waals surface area contributed by atoms with Crippen LogP contribution in [0.4, 0.5) is 0 Å². The number of nitrogens with zero attached hydrogens (tertiary/aromatic N) is 1. The Morgan fingerprint density at radius 1 is 1.38 bits per heavy atom. The molecule has 0 saturated carbocycles. The highest BCUT2D eigenvalue weighted by atomic mass is 35.5. The maximum absolute atomic E-state index is 11.1. The number of carboxylic acid groups (broad SMARTS) is 1. The van der Waals surface area contributed by atoms with E-state index in [1.807, 2.05) is 38.1 Å². The quantitative estimate of drug-likeness (QED) is 0.415. The largest absolute Gasteiger partial charge is 0.477 e. The summed E-state index contributed by atoms with van der Waals surface area (Å²) >= 11 is 5.87. The third-order valence-corrected chi connectivity index (χ3v) is 4.81. The number of oxime groups is 1. The van der Waals surface area contributed by atoms with Crippen molar-refractivity contribution in [3.63, 3.8) is 0 Å². The van der Waals surface area contributed by atoms with Gasteiger partial charge >= 0.3 is 5.97 Å². The van der Waals surface area contributed by atoms with Crippen LogP contribution in [0.15, 0.2) is 29.4 Å². The van der Waals surface area contributed by atoms with E-state index in [4.69, 9.17) is 31.0 Å². The minimum Gasteiger partial charge on any atom is -0.477 e. The SMILES string of the molecule is CC(=NOCCCCC1COC(C)(C(=O)O)OC1C)c1ccc(Cl)cc1. The van der Waals surface area contributed by atoms with Crippen LogP contribution in [0, 0.1) is 5.92 Å². The summed E-state index contributed by atoms with van der Waals surface area (Å²) in [5.41, 5.74) is 1.78. The van der Waals surface area contributed by atoms with Gasteiger partial charge in [0.25, 0.3) is 5.79 Å². The molecule has 1 aliphatic rings. The van der Waals surface area contributed by atoms with Crippen molar-refractivity contribution in [3.05, 3.63) is 34.9 Å². The van der Waals surface area contributed by atoms with E-state index in [0.717, 1.165) is 30.5 Å². The van der Waals surface area contributed by atoms with Crippen LogP contribution in [0.2, 0.25) is 5.02 Å². The van der Waals surface area contributed by atoms with Crippen LogP contribution >= 0.6 is 11.6 Å². The second-order valence-electron chi connectivity index (χ2n) is 6.66. The van der Waals surface area contributed by atoms with Crippen LogP contribution in [0.3, 0.4) is 0 Å². The molecule has 0 bridgehead atoms. The van der Waals surface area contributed by atoms with Gasteiger partial charge in [0.05, 0.1) is 18.4 Å². The standard InChI is InChI=1S/C19H26ClNO5/c1-13(15-7-9-17(20)10-8-15)21-25-11-5-4-6-16-12-24-19(3,18(22)23)26-14(16)2/h7-10,14,16H,4-6,11-12H2,1-3H3,(H,22,23). The predicted molar refractivity (Wildman–Crippen MR) is 99.5 cm³/mol. The Labute approximate surface area is 159 Å². The molecule has 0 aliphatic carbocycles. The minimum atomic E-state index is -1.53. The van der Waals surface area contributed by atoms with Crippen LogP contribution < -0.4 is 0 Å². The van der Waals surface area contributed by atoms with Crippen molar-refractivity contribution in [2.75, 3.05) is 13.2 Å². The van der Waals surface area contributed by atoms with E-state index in [0.29, 0.717) is 18.2 Å². The van der Waals surface area contributed by atoms with Gasteiger partial charge in [-0.1, -0.05) is 28.9 Å². The fourth-order valence-electron chi connectivity index (χ4n) is 2.78. The number of carbonyl (C=O) groups is 1. The van der Waals surface area contributed by atoms with Crippen molar-refractivity contribution >= 4 is 23.3 Å². The molecule has 0 aromatic heterocycles. The molecule has 0 amide bonds. The van der Waals surface area contributed by atoms with Gasteiger partial charge in [0.1, 0.15) is 6.61 Å². The second kappa shape index (κ2) is 9.35. The first kappa shape index (κ1) is 20.7. The zero-order valence-electron chi connectivity index (χ0n) is 15.4. The fraction of sp³-hybridized carbons (Fsp3) is 0.579. The van der Waals surface area contributed by atoms with Gasteiger partial charge in [-0.3, -0.25) is 0 Å². The van der Waals surface area contributed by atoms with Crippen molar-refractivity contribution in [1.82, 2.24) is 0 Å². The summed E-state index contributed by atoms with van der Waals surface area (Å²) in [5, 5.41) is 13.9. The molecule has 2 rings (SSSR count). The number of ether oxygens (including phenoxy) is 2. The molecule has 1 aliphatic heterocycles. The third-order valence-electron chi connectivity index (χ3n) is 4.56. The van der Waals surface area contributed by atoms with Gasteiger partial charge in [-0.25, -0.2) is 4.79 Å². The molecule has 0 spiro atoms. The zero-order valence-corrected chi connectivity index (χ0v) is 16.2. The highest BCUT2D eigenvalue weighted by molar-refractivity contribution is 6.30. The number of aliphatic carboxylic acids is 1. The lowest BCUT2D eigenvalue weighted by Crippen LogP contribution is -2.51. The molecule has 7 heteroatoms. The predicted octanol–water partition coefficient (Wildman–Crippen LogP) is 4.10. The van der Waals surface area contributed by atoms with E-state index >= 15 is 0 Å². The molecule has 144 valence electrons. The number of unbranched alkanes of at least 4 members (excludes halogenated alkanes) is 1. The molecule has 3 unspecified atom stereocenters. The molecule has 1 fully saturated rings. The molecular formula is C19H26ClNO5. The second-order valence-corrected chi connectivity index (χ2v) is 7.09. The van der Waals surface area contributed by atoms with Crippen LogP contribution in [-0.4, -0.2) is 41.9 Å². The Morgan fingerprint density at radius 3 is 2.69 bits per heavy atom. The molecule has 1 aromatic carbocycles. The number of benzene rings is 1. The lowest BCUT2D eigenvalue weighted by atomic mass is 9.96. The number of halogens is 1. The van der Waals surface area contributed by atoms with E-state index in [1.165, 1.54) is 6.92 Å². The van der Waals surface area contributed by atoms with Crippen molar-refractivity contribution in [1.29, 1.82) is 0 Å². The molecule has 1 heterocycles. The molecule has 3 atom stereocenters. The zero-order chi connectivity index (χ0) is 19.2. The summed E-state index contributed by atoms with van der Waals surface area (Å²) < 4.78 is 10.9. The van der Waals surface area contributed by atoms with Crippen LogP contribution in [0.5, 0.6) is 0 Å². The van der Waals surface area contributed by atoms with Crippen molar-refractivity contribution in [2.24, 2.45) is 11.1 Å². The smallest absolute Gasteiger partial charge is 0.364 e. The summed E-state index contributed by atoms with van der Waals surface area (Å²) in [6, 6.07) is 7.45. The van der Waals surface area contributed by atoms with Crippen molar-refractivity contribution < 1.29 is 24.2 Å². The van der Waals surface area contributed by atoms with Gasteiger partial charge in [-0.2, -0.15) is 0 Å². The lowest BCUT2D eigenvalue weighted by Gasteiger charge is -2.39. The molecule has 26 heavy (non-hydrogen) atoms. The Hall–Kier alpha value is -1.63. The summed E-state index contributed by atoms with van der Waals surface area (Å²) in [5.74, 6) is -2.45. The summed E-state index contributed by atoms with van der Waals surface area (Å²) in [6.45, 7) is 6.14. The Morgan fingerprint density at radius 2 is 2.08 bits per heavy atom. The van der Waals surface area contributed by atoms with Crippen LogP contribution in [0.1, 0.15) is 45.6 Å². The summed E-state index contributed by atoms with van der Waals surface area (Å²) in [6.07, 6.45) is 2.52. The average Bonchev–Trinajstić information content (AvgIpc) is 2.60. The summed E-state index contributed by atoms with van der Waals surface area (Å²) in [7, 11) is 0. The van der Waals surface area contributed by atoms with Crippen molar-refractivity contribution in [2.45, 2.75) is 51.9 Å². The first-order valence-electron chi connectivity index (χ1n) is 8.79. The molecule has 1 N–H and O–H groups in total. The van der Waals surface area contributed by atoms with Gasteiger partial charge in [0.2, 0.25) is 0 Å². The minimum absolute atomic E-state index is 0.157. The van der Waals surface area contributed by atoms with E-state index in [1.54, 1.807) is 0 Å². The van der Waals surface area contributed by atoms with E-state index in [2.05, 4.69) is 5.16 Å². The number of rotatable bonds is 8. The van der Waals surface area contributed by atoms with Gasteiger partial charge in [0, 0.05) is 17.9 Å². The van der Waals surface area contributed by atoms with Gasteiger partial charge < -0.3 is 19.4 Å². The first-order valence-corrected chi connectivity index (χ1v) is 9.17. The van der Waals surface area contributed by atoms with Crippen molar-refractivity contribution in [3.8, 4) is 0 Å². The van der Waals surface area contributed by atoms with Gasteiger partial charge in [-0.15, -0.1) is 0 Å². The van der Waals surface area contributed by atoms with E-state index in [9.17, 15) is 4.79 Å². The van der Waals surface area contributed by atoms with E-state index < -0.39 is 11.8 Å². The normalized spacial score (nSPS) is 26.5. The van der Waals surface area contributed by atoms with Crippen LogP contribution in [-0.2, 0) is 19.1 Å². The fourth-order valence-corrected chi connectivity index (χ4v) is 2.90. The third kappa shape index (κ3) is 5.69. The molecule has 1 saturated heterocycles. The number of carboxylic acids is 1. The molecule has 6 nitrogen and oxygen atoms in total. The number of hydrogen-bond donors (Lipinski definition) is 1. The highest BCUT2D eigenvalue weighted by Gasteiger charge is 2.43. The van der Waals surface area contributed by atoms with E-state index in [-0.39, 0.29) is 12.0 Å². The van der Waals surface area contributed by atoms with Crippen LogP contribution in [0.25, 0.3) is 0 Å². The Balaban J connectivity index is 1.66. The number of hydrogen-bond acceptors (Lipinski definition) is 5.